The van der Waals surface area contributed by atoms with Crippen molar-refractivity contribution in [3.05, 3.63) is 41.0 Å². The van der Waals surface area contributed by atoms with E-state index in [0.29, 0.717) is 0 Å². The van der Waals surface area contributed by atoms with Crippen molar-refractivity contribution in [3.8, 4) is 6.07 Å². The van der Waals surface area contributed by atoms with E-state index in [1.54, 1.807) is 11.8 Å². The van der Waals surface area contributed by atoms with Crippen molar-refractivity contribution in [2.24, 2.45) is 0 Å². The van der Waals surface area contributed by atoms with Gasteiger partial charge in [-0.25, -0.2) is 4.98 Å². The SMILES string of the molecule is Cc1ccc2nc3c(cc2c1)C=C(C#N)CS3. The second-order valence-corrected chi connectivity index (χ2v) is 5.11. The first-order valence-corrected chi connectivity index (χ1v) is 6.40. The Morgan fingerprint density at radius 3 is 3.06 bits per heavy atom. The van der Waals surface area contributed by atoms with Crippen molar-refractivity contribution in [1.82, 2.24) is 4.98 Å². The van der Waals surface area contributed by atoms with E-state index in [1.807, 2.05) is 6.08 Å². The largest absolute Gasteiger partial charge is 0.241 e. The molecule has 3 heteroatoms. The zero-order valence-electron chi connectivity index (χ0n) is 9.40. The van der Waals surface area contributed by atoms with E-state index >= 15 is 0 Å². The zero-order valence-corrected chi connectivity index (χ0v) is 10.2. The maximum atomic E-state index is 8.92. The topological polar surface area (TPSA) is 36.7 Å². The summed E-state index contributed by atoms with van der Waals surface area (Å²) >= 11 is 1.64. The third-order valence-electron chi connectivity index (χ3n) is 2.80. The zero-order chi connectivity index (χ0) is 11.8. The van der Waals surface area contributed by atoms with Crippen LogP contribution in [0.2, 0.25) is 0 Å². The molecule has 1 aromatic heterocycles. The molecule has 1 aromatic carbocycles. The van der Waals surface area contributed by atoms with Gasteiger partial charge in [-0.15, -0.1) is 11.8 Å². The van der Waals surface area contributed by atoms with Crippen LogP contribution in [0.15, 0.2) is 34.9 Å². The first-order chi connectivity index (χ1) is 8.26. The molecule has 0 bridgehead atoms. The third kappa shape index (κ3) is 1.81. The van der Waals surface area contributed by atoms with Crippen LogP contribution in [-0.2, 0) is 0 Å². The molecule has 1 aliphatic rings. The summed E-state index contributed by atoms with van der Waals surface area (Å²) in [4.78, 5) is 4.63. The average Bonchev–Trinajstić information content (AvgIpc) is 2.35. The predicted octanol–water partition coefficient (Wildman–Crippen LogP) is 3.56. The maximum absolute atomic E-state index is 8.92. The van der Waals surface area contributed by atoms with E-state index < -0.39 is 0 Å². The summed E-state index contributed by atoms with van der Waals surface area (Å²) in [6.07, 6.45) is 1.95. The molecule has 0 saturated carbocycles. The van der Waals surface area contributed by atoms with E-state index in [2.05, 4.69) is 42.2 Å². The highest BCUT2D eigenvalue weighted by Crippen LogP contribution is 2.32. The van der Waals surface area contributed by atoms with Crippen molar-refractivity contribution < 1.29 is 0 Å². The Morgan fingerprint density at radius 2 is 2.24 bits per heavy atom. The minimum Gasteiger partial charge on any atom is -0.241 e. The molecule has 0 amide bonds. The van der Waals surface area contributed by atoms with E-state index in [-0.39, 0.29) is 0 Å². The molecule has 2 heterocycles. The second-order valence-electron chi connectivity index (χ2n) is 4.15. The number of nitrogens with zero attached hydrogens (tertiary/aromatic N) is 2. The number of nitriles is 1. The summed E-state index contributed by atoms with van der Waals surface area (Å²) in [5.74, 6) is 0.730. The Hall–Kier alpha value is -1.79. The number of thioether (sulfide) groups is 1. The van der Waals surface area contributed by atoms with Gasteiger partial charge in [0.1, 0.15) is 5.03 Å². The van der Waals surface area contributed by atoms with Gasteiger partial charge in [0.05, 0.1) is 11.6 Å². The highest BCUT2D eigenvalue weighted by atomic mass is 32.2. The van der Waals surface area contributed by atoms with Gasteiger partial charge in [-0.05, 0) is 31.2 Å². The lowest BCUT2D eigenvalue weighted by molar-refractivity contribution is 1.16. The summed E-state index contributed by atoms with van der Waals surface area (Å²) < 4.78 is 0. The lowest BCUT2D eigenvalue weighted by Gasteiger charge is -2.12. The van der Waals surface area contributed by atoms with Gasteiger partial charge in [0, 0.05) is 22.3 Å². The van der Waals surface area contributed by atoms with E-state index in [4.69, 9.17) is 5.26 Å². The van der Waals surface area contributed by atoms with Gasteiger partial charge in [-0.1, -0.05) is 11.6 Å². The molecule has 0 spiro atoms. The fourth-order valence-corrected chi connectivity index (χ4v) is 2.84. The van der Waals surface area contributed by atoms with Crippen LogP contribution in [0.25, 0.3) is 17.0 Å². The molecular formula is C14H10N2S. The Kier molecular flexibility index (Phi) is 2.38. The Balaban J connectivity index is 2.26. The summed E-state index contributed by atoms with van der Waals surface area (Å²) in [7, 11) is 0. The maximum Gasteiger partial charge on any atom is 0.104 e. The molecule has 0 atom stereocenters. The van der Waals surface area contributed by atoms with Gasteiger partial charge < -0.3 is 0 Å². The minimum absolute atomic E-state index is 0.730. The molecule has 0 unspecified atom stereocenters. The van der Waals surface area contributed by atoms with Crippen molar-refractivity contribution in [2.45, 2.75) is 11.9 Å². The van der Waals surface area contributed by atoms with Crippen LogP contribution in [0.4, 0.5) is 0 Å². The quantitative estimate of drug-likeness (QED) is 0.704. The number of fused-ring (bicyclic) bond motifs is 2. The molecule has 82 valence electrons. The fraction of sp³-hybridized carbons (Fsp3) is 0.143. The lowest BCUT2D eigenvalue weighted by atomic mass is 10.1. The number of aromatic nitrogens is 1. The third-order valence-corrected chi connectivity index (χ3v) is 3.86. The van der Waals surface area contributed by atoms with Gasteiger partial charge in [-0.3, -0.25) is 0 Å². The van der Waals surface area contributed by atoms with Crippen LogP contribution in [0, 0.1) is 18.3 Å². The second kappa shape index (κ2) is 3.90. The molecule has 0 radical (unpaired) electrons. The van der Waals surface area contributed by atoms with Gasteiger partial charge >= 0.3 is 0 Å². The van der Waals surface area contributed by atoms with E-state index in [0.717, 1.165) is 32.8 Å². The summed E-state index contributed by atoms with van der Waals surface area (Å²) in [6.45, 7) is 2.07. The monoisotopic (exact) mass is 238 g/mol. The minimum atomic E-state index is 0.730. The molecule has 0 fully saturated rings. The van der Waals surface area contributed by atoms with Crippen molar-refractivity contribution in [1.29, 1.82) is 5.26 Å². The van der Waals surface area contributed by atoms with Crippen LogP contribution in [0.5, 0.6) is 0 Å². The van der Waals surface area contributed by atoms with Gasteiger partial charge in [0.15, 0.2) is 0 Å². The highest BCUT2D eigenvalue weighted by Gasteiger charge is 2.13. The fourth-order valence-electron chi connectivity index (χ4n) is 1.95. The number of benzene rings is 1. The first kappa shape index (κ1) is 10.4. The molecule has 1 aliphatic heterocycles. The molecule has 17 heavy (non-hydrogen) atoms. The number of pyridine rings is 1. The average molecular weight is 238 g/mol. The molecule has 0 aliphatic carbocycles. The normalized spacial score (nSPS) is 14.0. The Morgan fingerprint density at radius 1 is 1.35 bits per heavy atom. The smallest absolute Gasteiger partial charge is 0.104 e. The van der Waals surface area contributed by atoms with Crippen LogP contribution in [0.3, 0.4) is 0 Å². The van der Waals surface area contributed by atoms with Crippen molar-refractivity contribution in [2.75, 3.05) is 5.75 Å². The lowest BCUT2D eigenvalue weighted by Crippen LogP contribution is -1.97. The van der Waals surface area contributed by atoms with Crippen LogP contribution in [-0.4, -0.2) is 10.7 Å². The van der Waals surface area contributed by atoms with Gasteiger partial charge in [0.25, 0.3) is 0 Å². The Labute approximate surface area is 104 Å². The standard InChI is InChI=1S/C14H10N2S/c1-9-2-3-13-11(4-9)6-12-5-10(7-15)8-17-14(12)16-13/h2-6H,8H2,1H3. The molecule has 3 rings (SSSR count). The summed E-state index contributed by atoms with van der Waals surface area (Å²) in [5.41, 5.74) is 4.13. The summed E-state index contributed by atoms with van der Waals surface area (Å²) in [5, 5.41) is 11.1. The van der Waals surface area contributed by atoms with Crippen molar-refractivity contribution in [3.63, 3.8) is 0 Å². The molecule has 0 N–H and O–H groups in total. The number of rotatable bonds is 0. The van der Waals surface area contributed by atoms with E-state index in [1.165, 1.54) is 5.56 Å². The number of hydrogen-bond acceptors (Lipinski definition) is 3. The molecular weight excluding hydrogens is 228 g/mol. The first-order valence-electron chi connectivity index (χ1n) is 5.41. The summed E-state index contributed by atoms with van der Waals surface area (Å²) in [6, 6.07) is 10.6. The van der Waals surface area contributed by atoms with Crippen LogP contribution >= 0.6 is 11.8 Å². The van der Waals surface area contributed by atoms with Gasteiger partial charge in [-0.2, -0.15) is 5.26 Å². The number of hydrogen-bond donors (Lipinski definition) is 0. The Bertz CT molecular complexity index is 680. The number of aryl methyl sites for hydroxylation is 1. The van der Waals surface area contributed by atoms with Gasteiger partial charge in [0.2, 0.25) is 0 Å². The van der Waals surface area contributed by atoms with Crippen LogP contribution < -0.4 is 0 Å². The highest BCUT2D eigenvalue weighted by molar-refractivity contribution is 7.99. The van der Waals surface area contributed by atoms with Crippen molar-refractivity contribution >= 4 is 28.7 Å². The molecule has 2 aromatic rings. The predicted molar refractivity (Wildman–Crippen MR) is 70.8 cm³/mol. The molecule has 2 nitrogen and oxygen atoms in total. The molecule has 0 saturated heterocycles. The van der Waals surface area contributed by atoms with E-state index in [9.17, 15) is 0 Å². The van der Waals surface area contributed by atoms with Crippen LogP contribution in [0.1, 0.15) is 11.1 Å².